The summed E-state index contributed by atoms with van der Waals surface area (Å²) in [5.41, 5.74) is 2.29. The molecule has 0 fully saturated rings. The molecule has 1 N–H and O–H groups in total. The lowest BCUT2D eigenvalue weighted by atomic mass is 9.96. The van der Waals surface area contributed by atoms with Crippen LogP contribution in [0.25, 0.3) is 0 Å². The average Bonchev–Trinajstić information content (AvgIpc) is 2.60. The quantitative estimate of drug-likeness (QED) is 0.804. The first-order valence-corrected chi connectivity index (χ1v) is 9.63. The van der Waals surface area contributed by atoms with Gasteiger partial charge in [0.15, 0.2) is 0 Å². The van der Waals surface area contributed by atoms with E-state index in [0.29, 0.717) is 17.2 Å². The predicted octanol–water partition coefficient (Wildman–Crippen LogP) is 4.63. The third-order valence-corrected chi connectivity index (χ3v) is 5.77. The highest BCUT2D eigenvalue weighted by Crippen LogP contribution is 2.24. The minimum absolute atomic E-state index is 0.216. The van der Waals surface area contributed by atoms with Crippen LogP contribution in [0.2, 0.25) is 0 Å². The Hall–Kier alpha value is -1.65. The van der Waals surface area contributed by atoms with Gasteiger partial charge in [-0.1, -0.05) is 63.2 Å². The zero-order valence-corrected chi connectivity index (χ0v) is 14.8. The second-order valence-corrected chi connectivity index (χ2v) is 7.59. The highest BCUT2D eigenvalue weighted by molar-refractivity contribution is 7.89. The van der Waals surface area contributed by atoms with Gasteiger partial charge in [-0.2, -0.15) is 0 Å². The van der Waals surface area contributed by atoms with Gasteiger partial charge in [0.05, 0.1) is 4.90 Å². The van der Waals surface area contributed by atoms with Crippen LogP contribution in [0, 0.1) is 0 Å². The van der Waals surface area contributed by atoms with Crippen molar-refractivity contribution in [3.05, 3.63) is 65.7 Å². The van der Waals surface area contributed by atoms with Crippen LogP contribution in [0.3, 0.4) is 0 Å². The second-order valence-electron chi connectivity index (χ2n) is 5.87. The van der Waals surface area contributed by atoms with Crippen LogP contribution >= 0.6 is 0 Å². The van der Waals surface area contributed by atoms with Gasteiger partial charge >= 0.3 is 0 Å². The molecule has 2 aromatic rings. The maximum Gasteiger partial charge on any atom is 0.241 e. The van der Waals surface area contributed by atoms with Gasteiger partial charge in [0, 0.05) is 6.04 Å². The van der Waals surface area contributed by atoms with Crippen molar-refractivity contribution in [1.29, 1.82) is 0 Å². The number of sulfonamides is 1. The first kappa shape index (κ1) is 17.7. The molecule has 0 bridgehead atoms. The number of hydrogen-bond acceptors (Lipinski definition) is 2. The molecule has 0 spiro atoms. The fourth-order valence-corrected chi connectivity index (χ4v) is 3.86. The predicted molar refractivity (Wildman–Crippen MR) is 94.9 cm³/mol. The van der Waals surface area contributed by atoms with Gasteiger partial charge in [0.1, 0.15) is 0 Å². The zero-order chi connectivity index (χ0) is 16.9. The summed E-state index contributed by atoms with van der Waals surface area (Å²) < 4.78 is 27.8. The van der Waals surface area contributed by atoms with Gasteiger partial charge in [-0.15, -0.1) is 0 Å². The van der Waals surface area contributed by atoms with E-state index in [1.807, 2.05) is 25.1 Å². The smallest absolute Gasteiger partial charge is 0.207 e. The lowest BCUT2D eigenvalue weighted by molar-refractivity contribution is 0.550. The SMILES string of the molecule is CCC(C)c1ccc(C(CC)NS(=O)(=O)c2ccccc2)cc1. The molecule has 2 aromatic carbocycles. The average molecular weight is 331 g/mol. The summed E-state index contributed by atoms with van der Waals surface area (Å²) in [5.74, 6) is 0.519. The lowest BCUT2D eigenvalue weighted by Gasteiger charge is -2.19. The minimum atomic E-state index is -3.50. The standard InChI is InChI=1S/C19H25NO2S/c1-4-15(3)16-11-13-17(14-12-16)19(5-2)20-23(21,22)18-9-7-6-8-10-18/h6-15,19-20H,4-5H2,1-3H3. The Bertz CT molecular complexity index is 709. The molecule has 0 aliphatic carbocycles. The molecule has 124 valence electrons. The van der Waals surface area contributed by atoms with E-state index >= 15 is 0 Å². The van der Waals surface area contributed by atoms with Crippen LogP contribution in [0.1, 0.15) is 56.7 Å². The summed E-state index contributed by atoms with van der Waals surface area (Å²) in [7, 11) is -3.50. The molecule has 0 saturated heterocycles. The van der Waals surface area contributed by atoms with E-state index in [4.69, 9.17) is 0 Å². The number of nitrogens with one attached hydrogen (secondary N) is 1. The van der Waals surface area contributed by atoms with Crippen LogP contribution in [-0.2, 0) is 10.0 Å². The highest BCUT2D eigenvalue weighted by atomic mass is 32.2. The van der Waals surface area contributed by atoms with Crippen molar-refractivity contribution in [2.75, 3.05) is 0 Å². The Morgan fingerprint density at radius 2 is 1.43 bits per heavy atom. The Labute approximate surface area is 139 Å². The minimum Gasteiger partial charge on any atom is -0.207 e. The van der Waals surface area contributed by atoms with E-state index in [9.17, 15) is 8.42 Å². The van der Waals surface area contributed by atoms with Crippen molar-refractivity contribution in [3.8, 4) is 0 Å². The molecule has 0 amide bonds. The largest absolute Gasteiger partial charge is 0.241 e. The molecular weight excluding hydrogens is 306 g/mol. The van der Waals surface area contributed by atoms with Crippen molar-refractivity contribution in [2.24, 2.45) is 0 Å². The summed E-state index contributed by atoms with van der Waals surface area (Å²) in [6, 6.07) is 16.5. The number of rotatable bonds is 7. The molecule has 0 heterocycles. The molecule has 3 nitrogen and oxygen atoms in total. The molecule has 23 heavy (non-hydrogen) atoms. The molecule has 0 radical (unpaired) electrons. The van der Waals surface area contributed by atoms with E-state index in [-0.39, 0.29) is 6.04 Å². The van der Waals surface area contributed by atoms with E-state index in [2.05, 4.69) is 30.7 Å². The van der Waals surface area contributed by atoms with Crippen LogP contribution in [0.15, 0.2) is 59.5 Å². The summed E-state index contributed by atoms with van der Waals surface area (Å²) in [4.78, 5) is 0.301. The molecule has 0 aliphatic heterocycles. The number of hydrogen-bond donors (Lipinski definition) is 1. The van der Waals surface area contributed by atoms with E-state index in [0.717, 1.165) is 12.0 Å². The summed E-state index contributed by atoms with van der Waals surface area (Å²) in [6.45, 7) is 6.35. The molecule has 0 aliphatic rings. The van der Waals surface area contributed by atoms with Crippen molar-refractivity contribution >= 4 is 10.0 Å². The van der Waals surface area contributed by atoms with Gasteiger partial charge in [-0.05, 0) is 42.0 Å². The van der Waals surface area contributed by atoms with E-state index < -0.39 is 10.0 Å². The van der Waals surface area contributed by atoms with Crippen LogP contribution < -0.4 is 4.72 Å². The Kier molecular flexibility index (Phi) is 5.97. The zero-order valence-electron chi connectivity index (χ0n) is 14.0. The van der Waals surface area contributed by atoms with E-state index in [1.165, 1.54) is 5.56 Å². The molecule has 2 unspecified atom stereocenters. The van der Waals surface area contributed by atoms with E-state index in [1.54, 1.807) is 24.3 Å². The lowest BCUT2D eigenvalue weighted by Crippen LogP contribution is -2.28. The molecule has 0 aromatic heterocycles. The Morgan fingerprint density at radius 3 is 1.96 bits per heavy atom. The maximum absolute atomic E-state index is 12.5. The van der Waals surface area contributed by atoms with Gasteiger partial charge in [-0.25, -0.2) is 13.1 Å². The van der Waals surface area contributed by atoms with Gasteiger partial charge in [-0.3, -0.25) is 0 Å². The fraction of sp³-hybridized carbons (Fsp3) is 0.368. The Balaban J connectivity index is 2.20. The Morgan fingerprint density at radius 1 is 0.870 bits per heavy atom. The van der Waals surface area contributed by atoms with Crippen LogP contribution in [0.4, 0.5) is 0 Å². The van der Waals surface area contributed by atoms with Gasteiger partial charge in [0.25, 0.3) is 0 Å². The van der Waals surface area contributed by atoms with Crippen LogP contribution in [-0.4, -0.2) is 8.42 Å². The first-order valence-electron chi connectivity index (χ1n) is 8.15. The van der Waals surface area contributed by atoms with Crippen molar-refractivity contribution in [3.63, 3.8) is 0 Å². The van der Waals surface area contributed by atoms with Crippen LogP contribution in [0.5, 0.6) is 0 Å². The fourth-order valence-electron chi connectivity index (χ4n) is 2.53. The molecule has 2 atom stereocenters. The normalized spacial score (nSPS) is 14.4. The molecule has 4 heteroatoms. The van der Waals surface area contributed by atoms with Gasteiger partial charge in [0.2, 0.25) is 10.0 Å². The highest BCUT2D eigenvalue weighted by Gasteiger charge is 2.20. The maximum atomic E-state index is 12.5. The molecule has 2 rings (SSSR count). The van der Waals surface area contributed by atoms with Gasteiger partial charge < -0.3 is 0 Å². The summed E-state index contributed by atoms with van der Waals surface area (Å²) >= 11 is 0. The van der Waals surface area contributed by atoms with Crippen molar-refractivity contribution < 1.29 is 8.42 Å². The van der Waals surface area contributed by atoms with Crippen molar-refractivity contribution in [1.82, 2.24) is 4.72 Å². The third kappa shape index (κ3) is 4.43. The molecular formula is C19H25NO2S. The summed E-state index contributed by atoms with van der Waals surface area (Å²) in [5, 5.41) is 0. The van der Waals surface area contributed by atoms with Crippen molar-refractivity contribution in [2.45, 2.75) is 50.5 Å². The second kappa shape index (κ2) is 7.75. The number of benzene rings is 2. The topological polar surface area (TPSA) is 46.2 Å². The monoisotopic (exact) mass is 331 g/mol. The third-order valence-electron chi connectivity index (χ3n) is 4.28. The summed E-state index contributed by atoms with van der Waals surface area (Å²) in [6.07, 6.45) is 1.80. The molecule has 0 saturated carbocycles. The first-order chi connectivity index (χ1) is 11.0.